The molecule has 0 bridgehead atoms. The Morgan fingerprint density at radius 1 is 1.04 bits per heavy atom. The molecule has 2 aromatic heterocycles. The van der Waals surface area contributed by atoms with Gasteiger partial charge in [0, 0.05) is 71.9 Å². The lowest BCUT2D eigenvalue weighted by Gasteiger charge is -2.35. The Morgan fingerprint density at radius 2 is 1.76 bits per heavy atom. The Labute approximate surface area is 269 Å². The lowest BCUT2D eigenvalue weighted by atomic mass is 10.1. The minimum absolute atomic E-state index is 0.295. The van der Waals surface area contributed by atoms with Gasteiger partial charge in [-0.25, -0.2) is 9.78 Å². The number of anilines is 1. The van der Waals surface area contributed by atoms with E-state index in [0.717, 1.165) is 65.0 Å². The van der Waals surface area contributed by atoms with Gasteiger partial charge in [0.05, 0.1) is 17.9 Å². The van der Waals surface area contributed by atoms with Crippen molar-refractivity contribution in [1.82, 2.24) is 14.9 Å². The molecule has 0 spiro atoms. The molecule has 3 heterocycles. The van der Waals surface area contributed by atoms with Crippen molar-refractivity contribution < 1.29 is 27.4 Å². The summed E-state index contributed by atoms with van der Waals surface area (Å²) in [6.45, 7) is 9.81. The van der Waals surface area contributed by atoms with Gasteiger partial charge in [-0.05, 0) is 68.8 Å². The Kier molecular flexibility index (Phi) is 10.7. The van der Waals surface area contributed by atoms with Crippen molar-refractivity contribution in [2.45, 2.75) is 50.2 Å². The topological polar surface area (TPSA) is 67.8 Å². The largest absolute Gasteiger partial charge is 0.479 e. The number of aryl methyl sites for hydroxylation is 1. The van der Waals surface area contributed by atoms with Gasteiger partial charge < -0.3 is 14.4 Å². The molecule has 4 aromatic rings. The number of esters is 1. The Bertz CT molecular complexity index is 1570. The van der Waals surface area contributed by atoms with Gasteiger partial charge in [-0.15, -0.1) is 23.1 Å². The summed E-state index contributed by atoms with van der Waals surface area (Å²) >= 11 is 3.18. The van der Waals surface area contributed by atoms with Crippen LogP contribution in [0.5, 0.6) is 5.75 Å². The highest BCUT2D eigenvalue weighted by Crippen LogP contribution is 2.36. The monoisotopic (exact) mass is 656 g/mol. The second-order valence-electron chi connectivity index (χ2n) is 10.7. The first-order chi connectivity index (χ1) is 21.6. The highest BCUT2D eigenvalue weighted by atomic mass is 32.2. The lowest BCUT2D eigenvalue weighted by Crippen LogP contribution is -2.46. The lowest BCUT2D eigenvalue weighted by molar-refractivity contribution is -0.150. The standard InChI is InChI=1S/C33H35F3N4O3S2/c1-4-42-32(41)23(3)43-29-10-9-27(19-22(29)2)44-21-30-28(20-39-15-17-40(18-16-39)26-11-13-37-14-12-26)38-31(45-30)24-5-7-25(8-6-24)33(34,35)36/h5-14,19,23H,4,15-18,20-21H2,1-3H3. The number of nitrogens with zero attached hydrogens (tertiary/aromatic N) is 4. The van der Waals surface area contributed by atoms with Gasteiger partial charge in [0.25, 0.3) is 0 Å². The quantitative estimate of drug-likeness (QED) is 0.122. The molecule has 0 N–H and O–H groups in total. The molecular formula is C33H35F3N4O3S2. The molecule has 0 amide bonds. The maximum atomic E-state index is 13.2. The number of pyridine rings is 1. The predicted octanol–water partition coefficient (Wildman–Crippen LogP) is 7.48. The summed E-state index contributed by atoms with van der Waals surface area (Å²) in [5.74, 6) is 0.869. The third kappa shape index (κ3) is 8.56. The fraction of sp³-hybridized carbons (Fsp3) is 0.364. The normalized spacial score (nSPS) is 14.8. The maximum Gasteiger partial charge on any atom is 0.416 e. The molecule has 45 heavy (non-hydrogen) atoms. The molecule has 0 radical (unpaired) electrons. The zero-order valence-electron chi connectivity index (χ0n) is 25.3. The summed E-state index contributed by atoms with van der Waals surface area (Å²) in [5, 5.41) is 0.706. The minimum atomic E-state index is -4.39. The van der Waals surface area contributed by atoms with Crippen LogP contribution in [-0.4, -0.2) is 59.7 Å². The van der Waals surface area contributed by atoms with Gasteiger partial charge >= 0.3 is 12.1 Å². The molecular weight excluding hydrogens is 622 g/mol. The number of hydrogen-bond acceptors (Lipinski definition) is 9. The number of aromatic nitrogens is 2. The predicted molar refractivity (Wildman–Crippen MR) is 172 cm³/mol. The van der Waals surface area contributed by atoms with Crippen molar-refractivity contribution in [3.63, 3.8) is 0 Å². The van der Waals surface area contributed by atoms with Crippen LogP contribution in [0.1, 0.15) is 35.5 Å². The van der Waals surface area contributed by atoms with Gasteiger partial charge in [0.2, 0.25) is 0 Å². The number of carbonyl (C=O) groups is 1. The van der Waals surface area contributed by atoms with E-state index in [4.69, 9.17) is 14.5 Å². The van der Waals surface area contributed by atoms with Crippen LogP contribution in [0.2, 0.25) is 0 Å². The molecule has 1 saturated heterocycles. The molecule has 0 aliphatic carbocycles. The molecule has 1 fully saturated rings. The van der Waals surface area contributed by atoms with E-state index < -0.39 is 23.8 Å². The average Bonchev–Trinajstić information content (AvgIpc) is 3.44. The highest BCUT2D eigenvalue weighted by Gasteiger charge is 2.30. The van der Waals surface area contributed by atoms with E-state index in [2.05, 4.69) is 14.8 Å². The zero-order chi connectivity index (χ0) is 32.0. The number of benzene rings is 2. The second-order valence-corrected chi connectivity index (χ2v) is 12.8. The second kappa shape index (κ2) is 14.7. The molecule has 238 valence electrons. The Morgan fingerprint density at radius 3 is 2.40 bits per heavy atom. The number of halogens is 3. The molecule has 7 nitrogen and oxygen atoms in total. The van der Waals surface area contributed by atoms with Crippen LogP contribution in [0.15, 0.2) is 71.9 Å². The summed E-state index contributed by atoms with van der Waals surface area (Å²) in [7, 11) is 0. The smallest absolute Gasteiger partial charge is 0.416 e. The van der Waals surface area contributed by atoms with Gasteiger partial charge in [-0.2, -0.15) is 13.2 Å². The van der Waals surface area contributed by atoms with Crippen molar-refractivity contribution >= 4 is 34.8 Å². The van der Waals surface area contributed by atoms with Crippen molar-refractivity contribution in [2.24, 2.45) is 0 Å². The fourth-order valence-corrected chi connectivity index (χ4v) is 7.14. The van der Waals surface area contributed by atoms with E-state index in [0.29, 0.717) is 35.2 Å². The summed E-state index contributed by atoms with van der Waals surface area (Å²) in [6, 6.07) is 15.1. The van der Waals surface area contributed by atoms with E-state index in [1.165, 1.54) is 23.5 Å². The number of thioether (sulfide) groups is 1. The first-order valence-electron chi connectivity index (χ1n) is 14.7. The van der Waals surface area contributed by atoms with E-state index in [1.807, 2.05) is 37.3 Å². The fourth-order valence-electron chi connectivity index (χ4n) is 4.97. The first-order valence-corrected chi connectivity index (χ1v) is 16.5. The highest BCUT2D eigenvalue weighted by molar-refractivity contribution is 7.98. The number of carbonyl (C=O) groups excluding carboxylic acids is 1. The van der Waals surface area contributed by atoms with Crippen molar-refractivity contribution in [3.8, 4) is 16.3 Å². The molecule has 1 unspecified atom stereocenters. The number of piperazine rings is 1. The number of ether oxygens (including phenoxy) is 2. The molecule has 2 aromatic carbocycles. The molecule has 1 aliphatic rings. The molecule has 5 rings (SSSR count). The number of rotatable bonds is 11. The van der Waals surface area contributed by atoms with Gasteiger partial charge in [-0.3, -0.25) is 9.88 Å². The van der Waals surface area contributed by atoms with E-state index in [9.17, 15) is 18.0 Å². The van der Waals surface area contributed by atoms with Crippen molar-refractivity contribution in [2.75, 3.05) is 37.7 Å². The van der Waals surface area contributed by atoms with Crippen LogP contribution in [-0.2, 0) is 28.0 Å². The molecule has 1 aliphatic heterocycles. The first kappa shape index (κ1) is 32.8. The summed E-state index contributed by atoms with van der Waals surface area (Å²) < 4.78 is 50.4. The summed E-state index contributed by atoms with van der Waals surface area (Å²) in [4.78, 5) is 27.9. The van der Waals surface area contributed by atoms with Crippen molar-refractivity contribution in [1.29, 1.82) is 0 Å². The summed E-state index contributed by atoms with van der Waals surface area (Å²) in [6.07, 6.45) is -1.49. The molecule has 0 saturated carbocycles. The van der Waals surface area contributed by atoms with E-state index in [-0.39, 0.29) is 0 Å². The average molecular weight is 657 g/mol. The minimum Gasteiger partial charge on any atom is -0.479 e. The van der Waals surface area contributed by atoms with Crippen LogP contribution < -0.4 is 9.64 Å². The number of alkyl halides is 3. The van der Waals surface area contributed by atoms with Gasteiger partial charge in [-0.1, -0.05) is 12.1 Å². The van der Waals surface area contributed by atoms with Crippen LogP contribution in [0, 0.1) is 6.92 Å². The van der Waals surface area contributed by atoms with Gasteiger partial charge in [0.1, 0.15) is 10.8 Å². The van der Waals surface area contributed by atoms with Crippen LogP contribution in [0.25, 0.3) is 10.6 Å². The summed E-state index contributed by atoms with van der Waals surface area (Å²) in [5.41, 5.74) is 2.99. The Balaban J connectivity index is 1.30. The SMILES string of the molecule is CCOC(=O)C(C)Oc1ccc(SCc2sc(-c3ccc(C(F)(F)F)cc3)nc2CN2CCN(c3ccncc3)CC2)cc1C. The third-order valence-corrected chi connectivity index (χ3v) is 9.80. The van der Waals surface area contributed by atoms with E-state index in [1.54, 1.807) is 38.0 Å². The number of thiazole rings is 1. The zero-order valence-corrected chi connectivity index (χ0v) is 27.0. The third-order valence-electron chi connectivity index (χ3n) is 7.45. The van der Waals surface area contributed by atoms with E-state index >= 15 is 0 Å². The van der Waals surface area contributed by atoms with Gasteiger partial charge in [0.15, 0.2) is 6.10 Å². The van der Waals surface area contributed by atoms with Crippen LogP contribution >= 0.6 is 23.1 Å². The number of hydrogen-bond donors (Lipinski definition) is 0. The van der Waals surface area contributed by atoms with Crippen molar-refractivity contribution in [3.05, 3.63) is 88.7 Å². The maximum absolute atomic E-state index is 13.2. The molecule has 12 heteroatoms. The molecule has 1 atom stereocenters. The van der Waals surface area contributed by atoms with Crippen LogP contribution in [0.3, 0.4) is 0 Å². The Hall–Kier alpha value is -3.61. The van der Waals surface area contributed by atoms with Crippen LogP contribution in [0.4, 0.5) is 18.9 Å².